The van der Waals surface area contributed by atoms with Crippen molar-refractivity contribution in [3.8, 4) is 5.75 Å². The molecule has 0 atom stereocenters. The van der Waals surface area contributed by atoms with E-state index in [1.807, 2.05) is 24.3 Å². The zero-order valence-electron chi connectivity index (χ0n) is 9.74. The van der Waals surface area contributed by atoms with E-state index in [-0.39, 0.29) is 0 Å². The van der Waals surface area contributed by atoms with Crippen LogP contribution in [0.15, 0.2) is 24.3 Å². The molecule has 1 fully saturated rings. The van der Waals surface area contributed by atoms with E-state index in [1.165, 1.54) is 12.8 Å². The summed E-state index contributed by atoms with van der Waals surface area (Å²) in [6.07, 6.45) is 2.65. The minimum absolute atomic E-state index is 0.636. The van der Waals surface area contributed by atoms with Gasteiger partial charge in [0.25, 0.3) is 0 Å². The number of rotatable bonds is 7. The Morgan fingerprint density at radius 1 is 1.38 bits per heavy atom. The quantitative estimate of drug-likeness (QED) is 0.714. The summed E-state index contributed by atoms with van der Waals surface area (Å²) in [5, 5.41) is 3.42. The Kier molecular flexibility index (Phi) is 4.19. The maximum absolute atomic E-state index is 5.65. The van der Waals surface area contributed by atoms with Crippen molar-refractivity contribution in [1.29, 1.82) is 0 Å². The van der Waals surface area contributed by atoms with Gasteiger partial charge in [-0.05, 0) is 30.5 Å². The summed E-state index contributed by atoms with van der Waals surface area (Å²) in [6, 6.07) is 8.80. The number of ether oxygens (including phenoxy) is 2. The Morgan fingerprint density at radius 3 is 3.00 bits per heavy atom. The molecule has 0 aromatic heterocycles. The predicted octanol–water partition coefficient (Wildman–Crippen LogP) is 1.96. The fourth-order valence-electron chi connectivity index (χ4n) is 1.61. The van der Waals surface area contributed by atoms with Crippen LogP contribution in [-0.2, 0) is 11.3 Å². The number of methoxy groups -OCH3 is 1. The first-order valence-electron chi connectivity index (χ1n) is 5.82. The molecule has 0 heterocycles. The Balaban J connectivity index is 1.71. The van der Waals surface area contributed by atoms with Gasteiger partial charge in [0.2, 0.25) is 0 Å². The first-order valence-corrected chi connectivity index (χ1v) is 5.82. The van der Waals surface area contributed by atoms with Gasteiger partial charge >= 0.3 is 0 Å². The van der Waals surface area contributed by atoms with Crippen LogP contribution < -0.4 is 10.1 Å². The van der Waals surface area contributed by atoms with E-state index in [0.29, 0.717) is 6.61 Å². The summed E-state index contributed by atoms with van der Waals surface area (Å²) < 4.78 is 10.7. The van der Waals surface area contributed by atoms with Crippen molar-refractivity contribution in [3.63, 3.8) is 0 Å². The number of hydrogen-bond donors (Lipinski definition) is 1. The van der Waals surface area contributed by atoms with Gasteiger partial charge in [-0.15, -0.1) is 0 Å². The average Bonchev–Trinajstić information content (AvgIpc) is 3.09. The molecule has 1 aromatic carbocycles. The van der Waals surface area contributed by atoms with Crippen LogP contribution in [0.5, 0.6) is 5.75 Å². The SMILES string of the molecule is COCc1cccc(OCCNC2CC2)c1. The normalized spacial score (nSPS) is 15.1. The van der Waals surface area contributed by atoms with Crippen LogP contribution >= 0.6 is 0 Å². The van der Waals surface area contributed by atoms with Crippen LogP contribution in [0.4, 0.5) is 0 Å². The van der Waals surface area contributed by atoms with Gasteiger partial charge in [-0.3, -0.25) is 0 Å². The van der Waals surface area contributed by atoms with Crippen LogP contribution in [-0.4, -0.2) is 26.3 Å². The molecule has 0 saturated heterocycles. The number of hydrogen-bond acceptors (Lipinski definition) is 3. The molecule has 0 radical (unpaired) electrons. The Morgan fingerprint density at radius 2 is 2.25 bits per heavy atom. The third kappa shape index (κ3) is 3.83. The molecule has 3 heteroatoms. The standard InChI is InChI=1S/C13H19NO2/c1-15-10-11-3-2-4-13(9-11)16-8-7-14-12-5-6-12/h2-4,9,12,14H,5-8,10H2,1H3. The summed E-state index contributed by atoms with van der Waals surface area (Å²) in [5.41, 5.74) is 1.15. The molecule has 88 valence electrons. The summed E-state index contributed by atoms with van der Waals surface area (Å²) in [4.78, 5) is 0. The summed E-state index contributed by atoms with van der Waals surface area (Å²) in [6.45, 7) is 2.30. The zero-order valence-corrected chi connectivity index (χ0v) is 9.74. The first kappa shape index (κ1) is 11.4. The predicted molar refractivity (Wildman–Crippen MR) is 63.7 cm³/mol. The molecule has 0 bridgehead atoms. The summed E-state index contributed by atoms with van der Waals surface area (Å²) in [7, 11) is 1.70. The van der Waals surface area contributed by atoms with Crippen molar-refractivity contribution in [3.05, 3.63) is 29.8 Å². The monoisotopic (exact) mass is 221 g/mol. The molecule has 1 saturated carbocycles. The van der Waals surface area contributed by atoms with Gasteiger partial charge < -0.3 is 14.8 Å². The second-order valence-corrected chi connectivity index (χ2v) is 4.16. The first-order chi connectivity index (χ1) is 7.88. The molecular weight excluding hydrogens is 202 g/mol. The third-order valence-electron chi connectivity index (χ3n) is 2.59. The van der Waals surface area contributed by atoms with Gasteiger partial charge in [-0.25, -0.2) is 0 Å². The maximum atomic E-state index is 5.65. The van der Waals surface area contributed by atoms with Gasteiger partial charge in [-0.1, -0.05) is 12.1 Å². The fraction of sp³-hybridized carbons (Fsp3) is 0.538. The van der Waals surface area contributed by atoms with Crippen molar-refractivity contribution < 1.29 is 9.47 Å². The molecule has 0 spiro atoms. The molecule has 3 nitrogen and oxygen atoms in total. The van der Waals surface area contributed by atoms with Gasteiger partial charge in [0.05, 0.1) is 6.61 Å². The molecule has 1 aliphatic rings. The Labute approximate surface area is 96.8 Å². The van der Waals surface area contributed by atoms with Crippen molar-refractivity contribution >= 4 is 0 Å². The van der Waals surface area contributed by atoms with E-state index in [2.05, 4.69) is 5.32 Å². The molecular formula is C13H19NO2. The molecule has 1 aliphatic carbocycles. The lowest BCUT2D eigenvalue weighted by Crippen LogP contribution is -2.22. The number of nitrogens with one attached hydrogen (secondary N) is 1. The third-order valence-corrected chi connectivity index (χ3v) is 2.59. The Bertz CT molecular complexity index is 323. The minimum atomic E-state index is 0.636. The van der Waals surface area contributed by atoms with Gasteiger partial charge in [0, 0.05) is 19.7 Å². The highest BCUT2D eigenvalue weighted by atomic mass is 16.5. The van der Waals surface area contributed by atoms with E-state index < -0.39 is 0 Å². The molecule has 1 aromatic rings. The van der Waals surface area contributed by atoms with Gasteiger partial charge in [0.1, 0.15) is 12.4 Å². The van der Waals surface area contributed by atoms with E-state index in [1.54, 1.807) is 7.11 Å². The summed E-state index contributed by atoms with van der Waals surface area (Å²) >= 11 is 0. The highest BCUT2D eigenvalue weighted by Gasteiger charge is 2.19. The van der Waals surface area contributed by atoms with Crippen LogP contribution in [0.3, 0.4) is 0 Å². The van der Waals surface area contributed by atoms with E-state index in [9.17, 15) is 0 Å². The van der Waals surface area contributed by atoms with Crippen LogP contribution in [0.2, 0.25) is 0 Å². The lowest BCUT2D eigenvalue weighted by atomic mass is 10.2. The van der Waals surface area contributed by atoms with Crippen molar-refractivity contribution in [2.45, 2.75) is 25.5 Å². The van der Waals surface area contributed by atoms with E-state index >= 15 is 0 Å². The molecule has 0 aliphatic heterocycles. The Hall–Kier alpha value is -1.06. The second-order valence-electron chi connectivity index (χ2n) is 4.16. The molecule has 1 N–H and O–H groups in total. The van der Waals surface area contributed by atoms with Crippen LogP contribution in [0, 0.1) is 0 Å². The highest BCUT2D eigenvalue weighted by molar-refractivity contribution is 5.28. The largest absolute Gasteiger partial charge is 0.492 e. The highest BCUT2D eigenvalue weighted by Crippen LogP contribution is 2.18. The van der Waals surface area contributed by atoms with Crippen molar-refractivity contribution in [2.75, 3.05) is 20.3 Å². The summed E-state index contributed by atoms with van der Waals surface area (Å²) in [5.74, 6) is 0.923. The topological polar surface area (TPSA) is 30.5 Å². The molecule has 16 heavy (non-hydrogen) atoms. The second kappa shape index (κ2) is 5.87. The minimum Gasteiger partial charge on any atom is -0.492 e. The molecule has 0 amide bonds. The molecule has 2 rings (SSSR count). The van der Waals surface area contributed by atoms with E-state index in [0.717, 1.165) is 30.5 Å². The lowest BCUT2D eigenvalue weighted by molar-refractivity contribution is 0.184. The van der Waals surface area contributed by atoms with Crippen LogP contribution in [0.1, 0.15) is 18.4 Å². The fourth-order valence-corrected chi connectivity index (χ4v) is 1.61. The average molecular weight is 221 g/mol. The number of benzene rings is 1. The zero-order chi connectivity index (χ0) is 11.2. The van der Waals surface area contributed by atoms with E-state index in [4.69, 9.17) is 9.47 Å². The van der Waals surface area contributed by atoms with Gasteiger partial charge in [-0.2, -0.15) is 0 Å². The maximum Gasteiger partial charge on any atom is 0.119 e. The van der Waals surface area contributed by atoms with Crippen molar-refractivity contribution in [1.82, 2.24) is 5.32 Å². The van der Waals surface area contributed by atoms with Crippen molar-refractivity contribution in [2.24, 2.45) is 0 Å². The van der Waals surface area contributed by atoms with Gasteiger partial charge in [0.15, 0.2) is 0 Å². The molecule has 0 unspecified atom stereocenters. The smallest absolute Gasteiger partial charge is 0.119 e. The van der Waals surface area contributed by atoms with Crippen LogP contribution in [0.25, 0.3) is 0 Å². The lowest BCUT2D eigenvalue weighted by Gasteiger charge is -2.08.